The van der Waals surface area contributed by atoms with Crippen molar-refractivity contribution in [3.8, 4) is 21.3 Å². The van der Waals surface area contributed by atoms with Crippen LogP contribution in [0.2, 0.25) is 0 Å². The first-order valence-electron chi connectivity index (χ1n) is 19.3. The predicted octanol–water partition coefficient (Wildman–Crippen LogP) is 6.56. The van der Waals surface area contributed by atoms with E-state index in [-0.39, 0.29) is 43.6 Å². The summed E-state index contributed by atoms with van der Waals surface area (Å²) < 4.78 is 10.4. The van der Waals surface area contributed by atoms with Crippen molar-refractivity contribution in [3.63, 3.8) is 0 Å². The lowest BCUT2D eigenvalue weighted by Gasteiger charge is -2.30. The van der Waals surface area contributed by atoms with Crippen molar-refractivity contribution < 1.29 is 33.0 Å². The minimum absolute atomic E-state index is 0. The molecular formula is C40H54BN6O7S2. The number of Topliss-reactive ketones (excluding diaryl/α,β-unsaturated/α-hetero) is 2. The normalized spacial score (nSPS) is 14.7. The number of rotatable bonds is 19. The van der Waals surface area contributed by atoms with E-state index in [1.165, 1.54) is 0 Å². The topological polar surface area (TPSA) is 205 Å². The molecular weight excluding hydrogens is 751 g/mol. The molecule has 2 aliphatic rings. The maximum atomic E-state index is 12.2. The fourth-order valence-electron chi connectivity index (χ4n) is 6.35. The molecule has 301 valence electrons. The van der Waals surface area contributed by atoms with Crippen molar-refractivity contribution in [3.05, 3.63) is 58.5 Å². The van der Waals surface area contributed by atoms with Gasteiger partial charge in [-0.3, -0.25) is 19.2 Å². The van der Waals surface area contributed by atoms with Gasteiger partial charge in [0.05, 0.1) is 9.75 Å². The summed E-state index contributed by atoms with van der Waals surface area (Å²) in [5.41, 5.74) is 11.3. The molecule has 0 unspecified atom stereocenters. The Balaban J connectivity index is 0.000000251. The Morgan fingerprint density at radius 1 is 0.732 bits per heavy atom. The number of piperidine rings is 2. The third-order valence-corrected chi connectivity index (χ3v) is 11.5. The molecule has 2 amide bonds. The molecule has 0 spiro atoms. The van der Waals surface area contributed by atoms with Crippen molar-refractivity contribution in [2.75, 3.05) is 32.7 Å². The molecule has 0 saturated carbocycles. The Kier molecular flexibility index (Phi) is 21.3. The van der Waals surface area contributed by atoms with E-state index in [1.54, 1.807) is 34.8 Å². The number of hydrogen-bond acceptors (Lipinski definition) is 13. The van der Waals surface area contributed by atoms with Crippen LogP contribution in [-0.2, 0) is 14.4 Å². The summed E-state index contributed by atoms with van der Waals surface area (Å²) in [6, 6.07) is 11.2. The molecule has 0 atom stereocenters. The second kappa shape index (κ2) is 25.8. The molecule has 0 aliphatic carbocycles. The largest absolute Gasteiger partial charge is 0.369 e. The van der Waals surface area contributed by atoms with Gasteiger partial charge in [-0.05, 0) is 107 Å². The highest BCUT2D eigenvalue weighted by Crippen LogP contribution is 2.27. The summed E-state index contributed by atoms with van der Waals surface area (Å²) >= 11 is 3.12. The number of hydrogen-bond donors (Lipinski definition) is 3. The van der Waals surface area contributed by atoms with Crippen LogP contribution in [0.1, 0.15) is 111 Å². The Bertz CT molecular complexity index is 1730. The molecule has 2 saturated heterocycles. The van der Waals surface area contributed by atoms with E-state index in [1.807, 2.05) is 35.0 Å². The van der Waals surface area contributed by atoms with E-state index in [4.69, 9.17) is 20.5 Å². The van der Waals surface area contributed by atoms with E-state index >= 15 is 0 Å². The van der Waals surface area contributed by atoms with Crippen LogP contribution in [0.25, 0.3) is 21.3 Å². The maximum Gasteiger partial charge on any atom is 0.220 e. The summed E-state index contributed by atoms with van der Waals surface area (Å²) in [4.78, 5) is 60.3. The number of aromatic nitrogens is 2. The molecule has 56 heavy (non-hydrogen) atoms. The Morgan fingerprint density at radius 2 is 1.21 bits per heavy atom. The summed E-state index contributed by atoms with van der Waals surface area (Å²) in [7, 11) is 0. The molecule has 3 radical (unpaired) electrons. The SMILES string of the molecule is NC(=O)C1CCN(CCCCCCC(=O)c2cc(-c3cccs3)on2)CC1.NC(=O)C1CCNCC1.O=CCCCCCC(=O)c1cc(-c2cccs2)on1.[B]. The molecule has 5 N–H and O–H groups in total. The third kappa shape index (κ3) is 16.1. The number of ketones is 2. The molecule has 4 aromatic heterocycles. The number of nitrogens with one attached hydrogen (secondary N) is 1. The summed E-state index contributed by atoms with van der Waals surface area (Å²) in [5.74, 6) is 1.24. The third-order valence-electron chi connectivity index (χ3n) is 9.71. The van der Waals surface area contributed by atoms with Crippen molar-refractivity contribution in [1.82, 2.24) is 20.5 Å². The van der Waals surface area contributed by atoms with Crippen LogP contribution in [0.15, 0.2) is 56.2 Å². The Morgan fingerprint density at radius 3 is 1.66 bits per heavy atom. The quantitative estimate of drug-likeness (QED) is 0.0401. The summed E-state index contributed by atoms with van der Waals surface area (Å²) in [6.07, 6.45) is 12.7. The number of carbonyl (C=O) groups is 5. The number of unbranched alkanes of at least 4 members (excludes halogenated alkanes) is 6. The van der Waals surface area contributed by atoms with Crippen LogP contribution in [0.4, 0.5) is 0 Å². The van der Waals surface area contributed by atoms with Crippen LogP contribution in [-0.4, -0.2) is 86.0 Å². The van der Waals surface area contributed by atoms with Gasteiger partial charge < -0.3 is 35.5 Å². The smallest absolute Gasteiger partial charge is 0.220 e. The van der Waals surface area contributed by atoms with Gasteiger partial charge >= 0.3 is 0 Å². The minimum atomic E-state index is -0.158. The van der Waals surface area contributed by atoms with Gasteiger partial charge in [-0.25, -0.2) is 0 Å². The number of carbonyl (C=O) groups excluding carboxylic acids is 5. The zero-order valence-electron chi connectivity index (χ0n) is 32.0. The molecule has 13 nitrogen and oxygen atoms in total. The number of likely N-dealkylation sites (tertiary alicyclic amines) is 1. The highest BCUT2D eigenvalue weighted by Gasteiger charge is 2.23. The number of amides is 2. The molecule has 2 aliphatic heterocycles. The van der Waals surface area contributed by atoms with Gasteiger partial charge in [-0.1, -0.05) is 41.7 Å². The molecule has 0 aromatic carbocycles. The fourth-order valence-corrected chi connectivity index (χ4v) is 7.70. The number of primary amides is 2. The number of nitrogens with two attached hydrogens (primary N) is 2. The molecule has 6 heterocycles. The lowest BCUT2D eigenvalue weighted by atomic mass is 9.96. The maximum absolute atomic E-state index is 12.2. The molecule has 2 fully saturated rings. The van der Waals surface area contributed by atoms with Gasteiger partial charge in [0.2, 0.25) is 11.8 Å². The molecule has 0 bridgehead atoms. The van der Waals surface area contributed by atoms with Crippen LogP contribution in [0, 0.1) is 11.8 Å². The zero-order chi connectivity index (χ0) is 39.3. The van der Waals surface area contributed by atoms with Gasteiger partial charge in [0, 0.05) is 51.6 Å². The summed E-state index contributed by atoms with van der Waals surface area (Å²) in [5, 5.41) is 14.8. The van der Waals surface area contributed by atoms with Gasteiger partial charge in [-0.2, -0.15) is 0 Å². The lowest BCUT2D eigenvalue weighted by Crippen LogP contribution is -2.38. The second-order valence-corrected chi connectivity index (χ2v) is 15.7. The van der Waals surface area contributed by atoms with Gasteiger partial charge in [0.25, 0.3) is 0 Å². The van der Waals surface area contributed by atoms with Crippen molar-refractivity contribution >= 4 is 60.8 Å². The molecule has 4 aromatic rings. The van der Waals surface area contributed by atoms with E-state index in [2.05, 4.69) is 20.5 Å². The summed E-state index contributed by atoms with van der Waals surface area (Å²) in [6.45, 7) is 4.86. The van der Waals surface area contributed by atoms with Gasteiger partial charge in [0.1, 0.15) is 17.7 Å². The zero-order valence-corrected chi connectivity index (χ0v) is 33.7. The first-order chi connectivity index (χ1) is 26.7. The predicted molar refractivity (Wildman–Crippen MR) is 219 cm³/mol. The standard InChI is InChI=1S/C20H27N3O3S.C14H15NO3S.C6H12N2O.B/c21-20(25)15-8-11-23(12-9-15)10-4-2-1-3-6-17(24)16-14-18(26-22-16)19-7-5-13-27-19;16-8-4-2-1-3-6-12(17)11-10-13(18-15-11)14-7-5-9-19-14;7-6(9)5-1-3-8-4-2-5;/h5,7,13-15H,1-4,6,8-12H2,(H2,21,25);5,7-10H,1-4,6H2;5,8H,1-4H2,(H2,7,9);. The van der Waals surface area contributed by atoms with E-state index < -0.39 is 0 Å². The van der Waals surface area contributed by atoms with Crippen LogP contribution < -0.4 is 16.8 Å². The minimum Gasteiger partial charge on any atom is -0.369 e. The van der Waals surface area contributed by atoms with E-state index in [0.717, 1.165) is 119 Å². The molecule has 16 heteroatoms. The second-order valence-electron chi connectivity index (χ2n) is 13.8. The van der Waals surface area contributed by atoms with E-state index in [0.29, 0.717) is 42.2 Å². The highest BCUT2D eigenvalue weighted by molar-refractivity contribution is 7.13. The van der Waals surface area contributed by atoms with Gasteiger partial charge in [-0.15, -0.1) is 22.7 Å². The van der Waals surface area contributed by atoms with Crippen molar-refractivity contribution in [2.45, 2.75) is 89.9 Å². The van der Waals surface area contributed by atoms with Gasteiger partial charge in [0.15, 0.2) is 23.1 Å². The number of thiophene rings is 2. The van der Waals surface area contributed by atoms with E-state index in [9.17, 15) is 24.0 Å². The molecule has 6 rings (SSSR count). The van der Waals surface area contributed by atoms with Crippen LogP contribution in [0.5, 0.6) is 0 Å². The monoisotopic (exact) mass is 805 g/mol. The number of aldehydes is 1. The van der Waals surface area contributed by atoms with Crippen molar-refractivity contribution in [2.24, 2.45) is 23.3 Å². The first-order valence-corrected chi connectivity index (χ1v) is 21.0. The average Bonchev–Trinajstić information content (AvgIpc) is 4.05. The average molecular weight is 806 g/mol. The Labute approximate surface area is 338 Å². The highest BCUT2D eigenvalue weighted by atomic mass is 32.1. The number of nitrogens with zero attached hydrogens (tertiary/aromatic N) is 3. The van der Waals surface area contributed by atoms with Crippen LogP contribution >= 0.6 is 22.7 Å². The fraction of sp³-hybridized carbons (Fsp3) is 0.525. The first kappa shape index (κ1) is 46.1. The Hall–Kier alpha value is -4.25. The lowest BCUT2D eigenvalue weighted by molar-refractivity contribution is -0.123. The van der Waals surface area contributed by atoms with Crippen LogP contribution in [0.3, 0.4) is 0 Å². The van der Waals surface area contributed by atoms with Crippen molar-refractivity contribution in [1.29, 1.82) is 0 Å².